The van der Waals surface area contributed by atoms with E-state index in [9.17, 15) is 19.2 Å². The van der Waals surface area contributed by atoms with E-state index in [0.717, 1.165) is 11.8 Å². The zero-order valence-electron chi connectivity index (χ0n) is 21.5. The maximum Gasteiger partial charge on any atom is 0.511 e. The van der Waals surface area contributed by atoms with Crippen LogP contribution in [0.25, 0.3) is 0 Å². The molecule has 2 amide bonds. The van der Waals surface area contributed by atoms with Crippen LogP contribution in [0, 0.1) is 0 Å². The average molecular weight is 574 g/mol. The summed E-state index contributed by atoms with van der Waals surface area (Å²) in [6, 6.07) is -0.999. The second-order valence-electron chi connectivity index (χ2n) is 8.03. The van der Waals surface area contributed by atoms with E-state index in [1.807, 2.05) is 0 Å². The standard InChI is InChI=1S/C22H31N5O9S2/c1-10(2)34-22(31)36-12(4)35-21(30)17-13(7-32-5)8-38-20-16(19(29)27(17)20)25-18(28)15(26-33-6)14(24)9-37-11(3)23/h9-10,12,16,20H,3,7-8,23-24H2,1-2,4-6H3,(H,25,28)/b14-9-,26-15+/t12?,16-,20-/m1/s1. The van der Waals surface area contributed by atoms with Gasteiger partial charge in [0.05, 0.1) is 23.4 Å². The molecule has 0 spiro atoms. The van der Waals surface area contributed by atoms with Crippen LogP contribution < -0.4 is 16.8 Å². The maximum atomic E-state index is 13.1. The van der Waals surface area contributed by atoms with Crippen LogP contribution in [0.2, 0.25) is 0 Å². The number of nitrogens with two attached hydrogens (primary N) is 2. The van der Waals surface area contributed by atoms with Crippen molar-refractivity contribution in [1.29, 1.82) is 0 Å². The quantitative estimate of drug-likeness (QED) is 0.0972. The van der Waals surface area contributed by atoms with Crippen LogP contribution in [0.4, 0.5) is 4.79 Å². The van der Waals surface area contributed by atoms with Gasteiger partial charge < -0.3 is 40.6 Å². The Bertz CT molecular complexity index is 1060. The Morgan fingerprint density at radius 3 is 2.50 bits per heavy atom. The van der Waals surface area contributed by atoms with Gasteiger partial charge in [0.15, 0.2) is 5.71 Å². The predicted molar refractivity (Wildman–Crippen MR) is 140 cm³/mol. The second-order valence-corrected chi connectivity index (χ2v) is 10.1. The summed E-state index contributed by atoms with van der Waals surface area (Å²) in [5.74, 6) is -1.95. The number of methoxy groups -OCH3 is 1. The number of oxime groups is 1. The highest BCUT2D eigenvalue weighted by atomic mass is 32.2. The van der Waals surface area contributed by atoms with Gasteiger partial charge in [0, 0.05) is 25.2 Å². The molecule has 2 aliphatic rings. The first-order chi connectivity index (χ1) is 17.9. The number of hydrogen-bond acceptors (Lipinski definition) is 14. The zero-order valence-corrected chi connectivity index (χ0v) is 23.2. The van der Waals surface area contributed by atoms with Gasteiger partial charge in [0.1, 0.15) is 24.2 Å². The number of β-lactam (4-membered cyclic amide) rings is 1. The summed E-state index contributed by atoms with van der Waals surface area (Å²) in [5, 5.41) is 7.18. The Balaban J connectivity index is 2.18. The Hall–Kier alpha value is -3.37. The number of esters is 1. The molecule has 1 fully saturated rings. The molecule has 5 N–H and O–H groups in total. The summed E-state index contributed by atoms with van der Waals surface area (Å²) in [7, 11) is 2.67. The fourth-order valence-electron chi connectivity index (χ4n) is 3.26. The minimum absolute atomic E-state index is 0.0473. The number of carbonyl (C=O) groups is 4. The highest BCUT2D eigenvalue weighted by Crippen LogP contribution is 2.40. The number of hydrogen-bond donors (Lipinski definition) is 3. The number of amides is 2. The molecule has 14 nitrogen and oxygen atoms in total. The van der Waals surface area contributed by atoms with E-state index >= 15 is 0 Å². The molecule has 2 rings (SSSR count). The van der Waals surface area contributed by atoms with Crippen molar-refractivity contribution >= 4 is 53.2 Å². The fraction of sp³-hybridized carbons (Fsp3) is 0.500. The molecular weight excluding hydrogens is 542 g/mol. The largest absolute Gasteiger partial charge is 0.511 e. The predicted octanol–water partition coefficient (Wildman–Crippen LogP) is 0.703. The molecule has 0 aliphatic carbocycles. The van der Waals surface area contributed by atoms with Gasteiger partial charge in [-0.15, -0.1) is 11.8 Å². The lowest BCUT2D eigenvalue weighted by atomic mass is 10.0. The van der Waals surface area contributed by atoms with Gasteiger partial charge in [-0.1, -0.05) is 23.5 Å². The molecule has 2 heterocycles. The number of ether oxygens (including phenoxy) is 4. The Morgan fingerprint density at radius 1 is 1.24 bits per heavy atom. The van der Waals surface area contributed by atoms with Crippen LogP contribution in [0.15, 0.2) is 39.1 Å². The first-order valence-corrected chi connectivity index (χ1v) is 13.1. The number of fused-ring (bicyclic) bond motifs is 1. The van der Waals surface area contributed by atoms with E-state index < -0.39 is 47.7 Å². The SMILES string of the molecule is C=C(N)S/C=C(N)/C(=N\OC)C(=O)N[C@@H]1C(=O)N2C(C(=O)OC(C)OC(=O)OC(C)C)=C(COC)CS[C@H]12. The summed E-state index contributed by atoms with van der Waals surface area (Å²) < 4.78 is 20.2. The van der Waals surface area contributed by atoms with Crippen molar-refractivity contribution in [2.45, 2.75) is 44.6 Å². The highest BCUT2D eigenvalue weighted by Gasteiger charge is 2.55. The molecule has 1 unspecified atom stereocenters. The maximum absolute atomic E-state index is 13.1. The van der Waals surface area contributed by atoms with Crippen LogP contribution in [-0.4, -0.2) is 84.9 Å². The summed E-state index contributed by atoms with van der Waals surface area (Å²) in [6.45, 7) is 8.17. The zero-order chi connectivity index (χ0) is 28.6. The normalized spacial score (nSPS) is 20.3. The molecule has 0 radical (unpaired) electrons. The third kappa shape index (κ3) is 7.82. The second kappa shape index (κ2) is 14.0. The Labute approximate surface area is 228 Å². The van der Waals surface area contributed by atoms with Gasteiger partial charge in [-0.05, 0) is 19.4 Å². The molecule has 0 aromatic carbocycles. The monoisotopic (exact) mass is 573 g/mol. The van der Waals surface area contributed by atoms with Gasteiger partial charge in [-0.3, -0.25) is 14.5 Å². The van der Waals surface area contributed by atoms with Crippen molar-refractivity contribution in [2.24, 2.45) is 16.6 Å². The molecule has 0 aromatic heterocycles. The van der Waals surface area contributed by atoms with Crippen molar-refractivity contribution in [1.82, 2.24) is 10.2 Å². The van der Waals surface area contributed by atoms with Crippen LogP contribution >= 0.6 is 23.5 Å². The van der Waals surface area contributed by atoms with E-state index in [4.69, 9.17) is 35.3 Å². The van der Waals surface area contributed by atoms with Gasteiger partial charge in [0.25, 0.3) is 11.8 Å². The molecule has 38 heavy (non-hydrogen) atoms. The number of thioether (sulfide) groups is 2. The van der Waals surface area contributed by atoms with Gasteiger partial charge in [0.2, 0.25) is 6.29 Å². The molecule has 3 atom stereocenters. The van der Waals surface area contributed by atoms with Gasteiger partial charge >= 0.3 is 12.1 Å². The van der Waals surface area contributed by atoms with E-state index in [1.165, 1.54) is 43.2 Å². The fourth-order valence-corrected chi connectivity index (χ4v) is 4.98. The van der Waals surface area contributed by atoms with E-state index in [1.54, 1.807) is 13.8 Å². The van der Waals surface area contributed by atoms with Crippen LogP contribution in [0.5, 0.6) is 0 Å². The van der Waals surface area contributed by atoms with Crippen molar-refractivity contribution in [3.8, 4) is 0 Å². The van der Waals surface area contributed by atoms with Crippen molar-refractivity contribution in [3.63, 3.8) is 0 Å². The van der Waals surface area contributed by atoms with Crippen molar-refractivity contribution in [3.05, 3.63) is 34.0 Å². The summed E-state index contributed by atoms with van der Waals surface area (Å²) in [4.78, 5) is 56.7. The molecule has 16 heteroatoms. The Morgan fingerprint density at radius 2 is 1.92 bits per heavy atom. The van der Waals surface area contributed by atoms with Gasteiger partial charge in [-0.2, -0.15) is 0 Å². The number of carbonyl (C=O) groups excluding carboxylic acids is 4. The first kappa shape index (κ1) is 30.9. The third-order valence-corrected chi connectivity index (χ3v) is 6.74. The summed E-state index contributed by atoms with van der Waals surface area (Å²) >= 11 is 2.29. The molecule has 0 saturated carbocycles. The third-order valence-electron chi connectivity index (χ3n) is 4.72. The number of rotatable bonds is 12. The smallest absolute Gasteiger partial charge is 0.431 e. The van der Waals surface area contributed by atoms with Gasteiger partial charge in [-0.25, -0.2) is 9.59 Å². The molecule has 210 valence electrons. The van der Waals surface area contributed by atoms with E-state index in [0.29, 0.717) is 11.3 Å². The molecular formula is C22H31N5O9S2. The molecule has 0 bridgehead atoms. The summed E-state index contributed by atoms with van der Waals surface area (Å²) in [5.41, 5.74) is 11.5. The van der Waals surface area contributed by atoms with Crippen molar-refractivity contribution < 1.29 is 43.0 Å². The average Bonchev–Trinajstić information content (AvgIpc) is 2.83. The minimum atomic E-state index is -1.30. The van der Waals surface area contributed by atoms with Crippen LogP contribution in [-0.2, 0) is 38.2 Å². The lowest BCUT2D eigenvalue weighted by Crippen LogP contribution is -2.71. The van der Waals surface area contributed by atoms with Crippen molar-refractivity contribution in [2.75, 3.05) is 26.6 Å². The van der Waals surface area contributed by atoms with Crippen LogP contribution in [0.3, 0.4) is 0 Å². The van der Waals surface area contributed by atoms with E-state index in [2.05, 4.69) is 17.1 Å². The molecule has 1 saturated heterocycles. The number of nitrogens with zero attached hydrogens (tertiary/aromatic N) is 2. The van der Waals surface area contributed by atoms with Crippen LogP contribution in [0.1, 0.15) is 20.8 Å². The molecule has 0 aromatic rings. The minimum Gasteiger partial charge on any atom is -0.431 e. The lowest BCUT2D eigenvalue weighted by molar-refractivity contribution is -0.169. The highest BCUT2D eigenvalue weighted by molar-refractivity contribution is 8.05. The Kier molecular flexibility index (Phi) is 11.3. The first-order valence-electron chi connectivity index (χ1n) is 11.1. The van der Waals surface area contributed by atoms with E-state index in [-0.39, 0.29) is 28.7 Å². The number of nitrogens with one attached hydrogen (secondary N) is 1. The molecule has 2 aliphatic heterocycles. The topological polar surface area (TPSA) is 194 Å². The summed E-state index contributed by atoms with van der Waals surface area (Å²) in [6.07, 6.45) is -2.74. The lowest BCUT2D eigenvalue weighted by Gasteiger charge is -2.49.